The van der Waals surface area contributed by atoms with E-state index >= 15 is 0 Å². The molecule has 0 unspecified atom stereocenters. The number of aromatic nitrogens is 2. The number of hydrogen-bond acceptors (Lipinski definition) is 6. The molecule has 2 heterocycles. The lowest BCUT2D eigenvalue weighted by atomic mass is 10.1. The van der Waals surface area contributed by atoms with Gasteiger partial charge in [-0.05, 0) is 54.1 Å². The number of methoxy groups -OCH3 is 1. The Bertz CT molecular complexity index is 1470. The Morgan fingerprint density at radius 2 is 1.71 bits per heavy atom. The maximum absolute atomic E-state index is 13.7. The van der Waals surface area contributed by atoms with Crippen LogP contribution >= 0.6 is 0 Å². The first-order chi connectivity index (χ1) is 20.5. The third kappa shape index (κ3) is 7.59. The van der Waals surface area contributed by atoms with Gasteiger partial charge in [0.2, 0.25) is 17.8 Å². The van der Waals surface area contributed by atoms with E-state index in [1.165, 1.54) is 12.1 Å². The SMILES string of the molecule is COc1ccc(-c2cn(-c3ccc(F)cc3)c(NC(=O)CN(CCN3CCOCC3)C(=O)Cc3ccccc3)n2)cc1. The highest BCUT2D eigenvalue weighted by Crippen LogP contribution is 2.26. The molecule has 218 valence electrons. The van der Waals surface area contributed by atoms with E-state index in [2.05, 4.69) is 15.2 Å². The average molecular weight is 572 g/mol. The lowest BCUT2D eigenvalue weighted by Crippen LogP contribution is -2.45. The molecule has 0 saturated carbocycles. The smallest absolute Gasteiger partial charge is 0.246 e. The molecule has 1 N–H and O–H groups in total. The lowest BCUT2D eigenvalue weighted by Gasteiger charge is -2.30. The summed E-state index contributed by atoms with van der Waals surface area (Å²) in [6, 6.07) is 22.8. The van der Waals surface area contributed by atoms with Crippen molar-refractivity contribution in [1.29, 1.82) is 0 Å². The molecular weight excluding hydrogens is 537 g/mol. The van der Waals surface area contributed by atoms with E-state index in [4.69, 9.17) is 9.47 Å². The van der Waals surface area contributed by atoms with Crippen molar-refractivity contribution in [3.63, 3.8) is 0 Å². The second-order valence-corrected chi connectivity index (χ2v) is 10.0. The summed E-state index contributed by atoms with van der Waals surface area (Å²) in [7, 11) is 1.60. The van der Waals surface area contributed by atoms with E-state index in [1.807, 2.05) is 54.6 Å². The zero-order valence-electron chi connectivity index (χ0n) is 23.5. The summed E-state index contributed by atoms with van der Waals surface area (Å²) < 4.78 is 26.1. The van der Waals surface area contributed by atoms with Gasteiger partial charge in [-0.25, -0.2) is 9.37 Å². The van der Waals surface area contributed by atoms with Gasteiger partial charge in [-0.3, -0.25) is 24.4 Å². The minimum absolute atomic E-state index is 0.134. The van der Waals surface area contributed by atoms with Crippen molar-refractivity contribution >= 4 is 17.8 Å². The van der Waals surface area contributed by atoms with Crippen LogP contribution in [0.2, 0.25) is 0 Å². The van der Waals surface area contributed by atoms with E-state index in [1.54, 1.807) is 34.9 Å². The van der Waals surface area contributed by atoms with Crippen LogP contribution in [0.5, 0.6) is 5.75 Å². The molecule has 10 heteroatoms. The zero-order valence-corrected chi connectivity index (χ0v) is 23.5. The summed E-state index contributed by atoms with van der Waals surface area (Å²) in [6.07, 6.45) is 1.98. The molecule has 3 aromatic carbocycles. The van der Waals surface area contributed by atoms with Crippen LogP contribution in [0.25, 0.3) is 16.9 Å². The predicted octanol–water partition coefficient (Wildman–Crippen LogP) is 4.03. The highest BCUT2D eigenvalue weighted by atomic mass is 19.1. The van der Waals surface area contributed by atoms with E-state index in [0.717, 1.165) is 24.2 Å². The van der Waals surface area contributed by atoms with Gasteiger partial charge >= 0.3 is 0 Å². The van der Waals surface area contributed by atoms with Crippen molar-refractivity contribution in [2.24, 2.45) is 0 Å². The molecule has 0 atom stereocenters. The van der Waals surface area contributed by atoms with Gasteiger partial charge in [-0.1, -0.05) is 30.3 Å². The van der Waals surface area contributed by atoms with Gasteiger partial charge in [0.25, 0.3) is 0 Å². The number of nitrogens with zero attached hydrogens (tertiary/aromatic N) is 4. The van der Waals surface area contributed by atoms with Crippen molar-refractivity contribution in [1.82, 2.24) is 19.4 Å². The summed E-state index contributed by atoms with van der Waals surface area (Å²) in [5.74, 6) is 0.0929. The molecule has 9 nitrogen and oxygen atoms in total. The van der Waals surface area contributed by atoms with Crippen molar-refractivity contribution in [2.75, 3.05) is 58.4 Å². The normalized spacial score (nSPS) is 13.5. The van der Waals surface area contributed by atoms with Crippen LogP contribution in [-0.4, -0.2) is 84.2 Å². The Kier molecular flexibility index (Phi) is 9.58. The lowest BCUT2D eigenvalue weighted by molar-refractivity contribution is -0.134. The molecule has 0 spiro atoms. The van der Waals surface area contributed by atoms with Gasteiger partial charge in [-0.2, -0.15) is 0 Å². The number of benzene rings is 3. The number of nitrogens with one attached hydrogen (secondary N) is 1. The van der Waals surface area contributed by atoms with Crippen molar-refractivity contribution in [3.05, 3.63) is 96.4 Å². The van der Waals surface area contributed by atoms with Crippen LogP contribution < -0.4 is 10.1 Å². The number of imidazole rings is 1. The van der Waals surface area contributed by atoms with E-state index in [-0.39, 0.29) is 36.5 Å². The zero-order chi connectivity index (χ0) is 29.3. The minimum atomic E-state index is -0.381. The van der Waals surface area contributed by atoms with Crippen molar-refractivity contribution < 1.29 is 23.5 Å². The fraction of sp³-hybridized carbons (Fsp3) is 0.281. The van der Waals surface area contributed by atoms with Crippen LogP contribution in [0.15, 0.2) is 85.1 Å². The number of rotatable bonds is 11. The molecule has 1 aliphatic rings. The Balaban J connectivity index is 1.36. The molecule has 4 aromatic rings. The average Bonchev–Trinajstić information content (AvgIpc) is 3.44. The van der Waals surface area contributed by atoms with Crippen molar-refractivity contribution in [2.45, 2.75) is 6.42 Å². The molecule has 5 rings (SSSR count). The molecule has 1 saturated heterocycles. The maximum atomic E-state index is 13.7. The second kappa shape index (κ2) is 13.9. The molecule has 1 aromatic heterocycles. The Morgan fingerprint density at radius 1 is 1.00 bits per heavy atom. The maximum Gasteiger partial charge on any atom is 0.246 e. The molecule has 0 aliphatic carbocycles. The first kappa shape index (κ1) is 29.0. The number of amides is 2. The molecule has 1 fully saturated rings. The first-order valence-electron chi connectivity index (χ1n) is 13.9. The molecule has 0 radical (unpaired) electrons. The van der Waals surface area contributed by atoms with Gasteiger partial charge in [0, 0.05) is 43.6 Å². The van der Waals surface area contributed by atoms with Crippen LogP contribution in [-0.2, 0) is 20.7 Å². The highest BCUT2D eigenvalue weighted by Gasteiger charge is 2.22. The second-order valence-electron chi connectivity index (χ2n) is 10.0. The number of anilines is 1. The summed E-state index contributed by atoms with van der Waals surface area (Å²) in [5, 5.41) is 2.89. The fourth-order valence-corrected chi connectivity index (χ4v) is 4.77. The number of halogens is 1. The highest BCUT2D eigenvalue weighted by molar-refractivity contribution is 5.94. The predicted molar refractivity (Wildman–Crippen MR) is 158 cm³/mol. The van der Waals surface area contributed by atoms with Crippen molar-refractivity contribution in [3.8, 4) is 22.7 Å². The molecular formula is C32H34FN5O4. The Hall–Kier alpha value is -4.54. The van der Waals surface area contributed by atoms with Gasteiger partial charge in [0.05, 0.1) is 39.0 Å². The number of morpholine rings is 1. The third-order valence-corrected chi connectivity index (χ3v) is 7.12. The fourth-order valence-electron chi connectivity index (χ4n) is 4.77. The largest absolute Gasteiger partial charge is 0.497 e. The molecule has 42 heavy (non-hydrogen) atoms. The van der Waals surface area contributed by atoms with E-state index in [9.17, 15) is 14.0 Å². The Morgan fingerprint density at radius 3 is 2.40 bits per heavy atom. The first-order valence-corrected chi connectivity index (χ1v) is 13.9. The topological polar surface area (TPSA) is 88.9 Å². The number of carbonyl (C=O) groups excluding carboxylic acids is 2. The van der Waals surface area contributed by atoms with Crippen LogP contribution in [0.4, 0.5) is 10.3 Å². The summed E-state index contributed by atoms with van der Waals surface area (Å²) >= 11 is 0. The third-order valence-electron chi connectivity index (χ3n) is 7.12. The molecule has 1 aliphatic heterocycles. The van der Waals surface area contributed by atoms with Crippen LogP contribution in [0, 0.1) is 5.82 Å². The van der Waals surface area contributed by atoms with Gasteiger partial charge in [0.15, 0.2) is 0 Å². The number of hydrogen-bond donors (Lipinski definition) is 1. The van der Waals surface area contributed by atoms with Gasteiger partial charge < -0.3 is 14.4 Å². The summed E-state index contributed by atoms with van der Waals surface area (Å²) in [6.45, 7) is 3.80. The number of carbonyl (C=O) groups is 2. The van der Waals surface area contributed by atoms with Crippen LogP contribution in [0.3, 0.4) is 0 Å². The van der Waals surface area contributed by atoms with E-state index in [0.29, 0.717) is 43.4 Å². The van der Waals surface area contributed by atoms with Gasteiger partial charge in [0.1, 0.15) is 11.6 Å². The Labute approximate surface area is 244 Å². The van der Waals surface area contributed by atoms with Crippen LogP contribution in [0.1, 0.15) is 5.56 Å². The standard InChI is InChI=1S/C32H34FN5O4/c1-41-28-13-7-25(8-14-28)29-22-38(27-11-9-26(33)10-12-27)32(34-29)35-30(39)23-37(16-15-36-17-19-42-20-18-36)31(40)21-24-5-3-2-4-6-24/h2-14,22H,15-21,23H2,1H3,(H,34,35,39). The van der Waals surface area contributed by atoms with Gasteiger partial charge in [-0.15, -0.1) is 0 Å². The summed E-state index contributed by atoms with van der Waals surface area (Å²) in [5.41, 5.74) is 2.94. The number of ether oxygens (including phenoxy) is 2. The molecule has 2 amide bonds. The van der Waals surface area contributed by atoms with E-state index < -0.39 is 0 Å². The quantitative estimate of drug-likeness (QED) is 0.293. The summed E-state index contributed by atoms with van der Waals surface area (Å²) in [4.78, 5) is 35.3. The minimum Gasteiger partial charge on any atom is -0.497 e. The monoisotopic (exact) mass is 571 g/mol. The molecule has 0 bridgehead atoms.